The van der Waals surface area contributed by atoms with Gasteiger partial charge < -0.3 is 9.84 Å². The SMILES string of the molecule is Cc1cccc(C)c1COc1cccc(C(=O)CCCO)c1. The predicted octanol–water partition coefficient (Wildman–Crippen LogP) is 3.84. The molecule has 22 heavy (non-hydrogen) atoms. The average molecular weight is 298 g/mol. The molecule has 0 saturated heterocycles. The van der Waals surface area contributed by atoms with Crippen LogP contribution in [0.4, 0.5) is 0 Å². The van der Waals surface area contributed by atoms with E-state index < -0.39 is 0 Å². The fourth-order valence-corrected chi connectivity index (χ4v) is 2.38. The van der Waals surface area contributed by atoms with Crippen LogP contribution in [0.25, 0.3) is 0 Å². The predicted molar refractivity (Wildman–Crippen MR) is 87.3 cm³/mol. The smallest absolute Gasteiger partial charge is 0.163 e. The van der Waals surface area contributed by atoms with E-state index in [4.69, 9.17) is 9.84 Å². The van der Waals surface area contributed by atoms with Gasteiger partial charge in [0.25, 0.3) is 0 Å². The molecule has 0 fully saturated rings. The van der Waals surface area contributed by atoms with Crippen molar-refractivity contribution in [2.24, 2.45) is 0 Å². The Morgan fingerprint density at radius 1 is 1.09 bits per heavy atom. The summed E-state index contributed by atoms with van der Waals surface area (Å²) in [6, 6.07) is 13.4. The molecule has 0 atom stereocenters. The summed E-state index contributed by atoms with van der Waals surface area (Å²) in [7, 11) is 0. The molecule has 116 valence electrons. The Labute approximate surface area is 131 Å². The molecule has 0 aliphatic rings. The molecular formula is C19H22O3. The molecule has 0 saturated carbocycles. The normalized spacial score (nSPS) is 10.5. The first-order valence-electron chi connectivity index (χ1n) is 7.54. The van der Waals surface area contributed by atoms with E-state index in [0.29, 0.717) is 30.8 Å². The summed E-state index contributed by atoms with van der Waals surface area (Å²) in [5.41, 5.74) is 4.22. The van der Waals surface area contributed by atoms with Crippen molar-refractivity contribution >= 4 is 5.78 Å². The van der Waals surface area contributed by atoms with Gasteiger partial charge in [0.1, 0.15) is 12.4 Å². The van der Waals surface area contributed by atoms with Crippen molar-refractivity contribution in [3.05, 3.63) is 64.7 Å². The van der Waals surface area contributed by atoms with E-state index in [1.165, 1.54) is 16.7 Å². The third-order valence-corrected chi connectivity index (χ3v) is 3.75. The van der Waals surface area contributed by atoms with E-state index in [1.54, 1.807) is 12.1 Å². The second-order valence-corrected chi connectivity index (χ2v) is 5.44. The second kappa shape index (κ2) is 7.76. The van der Waals surface area contributed by atoms with Crippen molar-refractivity contribution in [1.29, 1.82) is 0 Å². The molecule has 0 amide bonds. The summed E-state index contributed by atoms with van der Waals surface area (Å²) in [6.45, 7) is 4.67. The van der Waals surface area contributed by atoms with Gasteiger partial charge in [0.05, 0.1) is 0 Å². The molecule has 0 spiro atoms. The second-order valence-electron chi connectivity index (χ2n) is 5.44. The molecule has 0 heterocycles. The summed E-state index contributed by atoms with van der Waals surface area (Å²) >= 11 is 0. The number of benzene rings is 2. The summed E-state index contributed by atoms with van der Waals surface area (Å²) in [5, 5.41) is 8.80. The number of ketones is 1. The van der Waals surface area contributed by atoms with Crippen molar-refractivity contribution in [2.75, 3.05) is 6.61 Å². The minimum atomic E-state index is 0.0339. The minimum absolute atomic E-state index is 0.0339. The number of ether oxygens (including phenoxy) is 1. The third-order valence-electron chi connectivity index (χ3n) is 3.75. The third kappa shape index (κ3) is 4.18. The van der Waals surface area contributed by atoms with Crippen molar-refractivity contribution < 1.29 is 14.6 Å². The number of rotatable bonds is 7. The van der Waals surface area contributed by atoms with Crippen LogP contribution in [-0.2, 0) is 6.61 Å². The minimum Gasteiger partial charge on any atom is -0.489 e. The molecule has 2 aromatic rings. The van der Waals surface area contributed by atoms with Gasteiger partial charge in [-0.3, -0.25) is 4.79 Å². The lowest BCUT2D eigenvalue weighted by Gasteiger charge is -2.12. The van der Waals surface area contributed by atoms with Gasteiger partial charge in [0.15, 0.2) is 5.78 Å². The van der Waals surface area contributed by atoms with Gasteiger partial charge >= 0.3 is 0 Å². The molecule has 0 bridgehead atoms. The number of carbonyl (C=O) groups excluding carboxylic acids is 1. The molecule has 0 aliphatic heterocycles. The maximum atomic E-state index is 12.0. The van der Waals surface area contributed by atoms with Gasteiger partial charge in [0.2, 0.25) is 0 Å². The van der Waals surface area contributed by atoms with Gasteiger partial charge in [-0.1, -0.05) is 30.3 Å². The van der Waals surface area contributed by atoms with Gasteiger partial charge in [0, 0.05) is 18.6 Å². The Morgan fingerprint density at radius 3 is 2.45 bits per heavy atom. The van der Waals surface area contributed by atoms with E-state index >= 15 is 0 Å². The molecule has 2 rings (SSSR count). The van der Waals surface area contributed by atoms with E-state index in [0.717, 1.165) is 0 Å². The average Bonchev–Trinajstić information content (AvgIpc) is 2.52. The number of hydrogen-bond acceptors (Lipinski definition) is 3. The van der Waals surface area contributed by atoms with E-state index in [2.05, 4.69) is 26.0 Å². The number of carbonyl (C=O) groups is 1. The van der Waals surface area contributed by atoms with Crippen LogP contribution in [0.15, 0.2) is 42.5 Å². The molecule has 2 aromatic carbocycles. The lowest BCUT2D eigenvalue weighted by atomic mass is 10.0. The van der Waals surface area contributed by atoms with Gasteiger partial charge in [-0.15, -0.1) is 0 Å². The van der Waals surface area contributed by atoms with Gasteiger partial charge in [-0.25, -0.2) is 0 Å². The first-order chi connectivity index (χ1) is 10.6. The molecular weight excluding hydrogens is 276 g/mol. The lowest BCUT2D eigenvalue weighted by molar-refractivity contribution is 0.0971. The Hall–Kier alpha value is -2.13. The van der Waals surface area contributed by atoms with Crippen molar-refractivity contribution in [3.63, 3.8) is 0 Å². The van der Waals surface area contributed by atoms with Crippen LogP contribution < -0.4 is 4.74 Å². The number of aliphatic hydroxyl groups is 1. The van der Waals surface area contributed by atoms with Crippen molar-refractivity contribution in [1.82, 2.24) is 0 Å². The zero-order valence-electron chi connectivity index (χ0n) is 13.1. The van der Waals surface area contributed by atoms with Crippen LogP contribution in [0.2, 0.25) is 0 Å². The summed E-state index contributed by atoms with van der Waals surface area (Å²) < 4.78 is 5.85. The molecule has 3 heteroatoms. The largest absolute Gasteiger partial charge is 0.489 e. The molecule has 0 radical (unpaired) electrons. The maximum Gasteiger partial charge on any atom is 0.163 e. The monoisotopic (exact) mass is 298 g/mol. The van der Waals surface area contributed by atoms with E-state index in [1.807, 2.05) is 18.2 Å². The molecule has 1 N–H and O–H groups in total. The lowest BCUT2D eigenvalue weighted by Crippen LogP contribution is -2.03. The standard InChI is InChI=1S/C19H22O3/c1-14-6-3-7-15(2)18(14)13-22-17-9-4-8-16(12-17)19(21)10-5-11-20/h3-4,6-9,12,20H,5,10-11,13H2,1-2H3. The first kappa shape index (κ1) is 16.2. The zero-order chi connectivity index (χ0) is 15.9. The highest BCUT2D eigenvalue weighted by atomic mass is 16.5. The van der Waals surface area contributed by atoms with E-state index in [-0.39, 0.29) is 12.4 Å². The Balaban J connectivity index is 2.06. The fourth-order valence-electron chi connectivity index (χ4n) is 2.38. The quantitative estimate of drug-likeness (QED) is 0.790. The molecule has 0 aliphatic carbocycles. The highest BCUT2D eigenvalue weighted by molar-refractivity contribution is 5.96. The summed E-state index contributed by atoms with van der Waals surface area (Å²) in [4.78, 5) is 12.0. The Kier molecular flexibility index (Phi) is 5.73. The summed E-state index contributed by atoms with van der Waals surface area (Å²) in [6.07, 6.45) is 0.850. The van der Waals surface area contributed by atoms with Crippen LogP contribution in [0.3, 0.4) is 0 Å². The number of hydrogen-bond donors (Lipinski definition) is 1. The van der Waals surface area contributed by atoms with Crippen LogP contribution in [0.5, 0.6) is 5.75 Å². The van der Waals surface area contributed by atoms with Crippen molar-refractivity contribution in [3.8, 4) is 5.75 Å². The van der Waals surface area contributed by atoms with Crippen LogP contribution >= 0.6 is 0 Å². The zero-order valence-corrected chi connectivity index (χ0v) is 13.1. The molecule has 3 nitrogen and oxygen atoms in total. The van der Waals surface area contributed by atoms with Gasteiger partial charge in [-0.05, 0) is 49.1 Å². The van der Waals surface area contributed by atoms with Crippen LogP contribution in [-0.4, -0.2) is 17.5 Å². The van der Waals surface area contributed by atoms with Crippen LogP contribution in [0, 0.1) is 13.8 Å². The fraction of sp³-hybridized carbons (Fsp3) is 0.316. The van der Waals surface area contributed by atoms with E-state index in [9.17, 15) is 4.79 Å². The topological polar surface area (TPSA) is 46.5 Å². The van der Waals surface area contributed by atoms with Gasteiger partial charge in [-0.2, -0.15) is 0 Å². The molecule has 0 unspecified atom stereocenters. The first-order valence-corrected chi connectivity index (χ1v) is 7.54. The highest BCUT2D eigenvalue weighted by Crippen LogP contribution is 2.19. The Bertz CT molecular complexity index is 627. The summed E-state index contributed by atoms with van der Waals surface area (Å²) in [5.74, 6) is 0.726. The Morgan fingerprint density at radius 2 is 1.77 bits per heavy atom. The number of Topliss-reactive ketones (excluding diaryl/α,β-unsaturated/α-hetero) is 1. The van der Waals surface area contributed by atoms with Crippen molar-refractivity contribution in [2.45, 2.75) is 33.3 Å². The maximum absolute atomic E-state index is 12.0. The highest BCUT2D eigenvalue weighted by Gasteiger charge is 2.08. The van der Waals surface area contributed by atoms with Crippen LogP contribution in [0.1, 0.15) is 39.9 Å². The number of aliphatic hydroxyl groups excluding tert-OH is 1. The molecule has 0 aromatic heterocycles. The number of aryl methyl sites for hydroxylation is 2.